The highest BCUT2D eigenvalue weighted by Gasteiger charge is 2.31. The van der Waals surface area contributed by atoms with Gasteiger partial charge in [-0.25, -0.2) is 4.79 Å². The molecule has 4 nitrogen and oxygen atoms in total. The van der Waals surface area contributed by atoms with Crippen molar-refractivity contribution in [1.29, 1.82) is 0 Å². The Kier molecular flexibility index (Phi) is 7.27. The summed E-state index contributed by atoms with van der Waals surface area (Å²) in [7, 11) is 0. The van der Waals surface area contributed by atoms with Gasteiger partial charge in [0.15, 0.2) is 5.78 Å². The monoisotopic (exact) mass is 390 g/mol. The van der Waals surface area contributed by atoms with Crippen molar-refractivity contribution in [3.63, 3.8) is 0 Å². The Morgan fingerprint density at radius 1 is 0.714 bits per heavy atom. The Hall–Kier alpha value is -1.68. The summed E-state index contributed by atoms with van der Waals surface area (Å²) in [6.07, 6.45) is 1.45. The topological polar surface area (TPSA) is 52.6 Å². The molecule has 0 aromatic heterocycles. The Morgan fingerprint density at radius 3 is 1.57 bits per heavy atom. The molecule has 0 aliphatic heterocycles. The van der Waals surface area contributed by atoms with E-state index in [1.807, 2.05) is 55.4 Å². The van der Waals surface area contributed by atoms with Gasteiger partial charge in [-0.3, -0.25) is 4.79 Å². The zero-order valence-electron chi connectivity index (χ0n) is 19.4. The Labute approximate surface area is 171 Å². The molecule has 0 unspecified atom stereocenters. The maximum absolute atomic E-state index is 12.6. The molecule has 1 rings (SSSR count). The van der Waals surface area contributed by atoms with Gasteiger partial charge in [0.1, 0.15) is 5.60 Å². The lowest BCUT2D eigenvalue weighted by atomic mass is 9.86. The number of benzene rings is 1. The molecule has 0 amide bonds. The van der Waals surface area contributed by atoms with Crippen LogP contribution in [0.15, 0.2) is 24.3 Å². The van der Waals surface area contributed by atoms with Crippen molar-refractivity contribution in [2.45, 2.75) is 98.9 Å². The lowest BCUT2D eigenvalue weighted by molar-refractivity contribution is -0.123. The van der Waals surface area contributed by atoms with E-state index in [0.717, 1.165) is 6.42 Å². The number of ketones is 1. The summed E-state index contributed by atoms with van der Waals surface area (Å²) in [6, 6.07) is 6.70. The zero-order chi connectivity index (χ0) is 22.0. The second-order valence-corrected chi connectivity index (χ2v) is 10.8. The average Bonchev–Trinajstić information content (AvgIpc) is 2.49. The largest absolute Gasteiger partial charge is 0.456 e. The SMILES string of the molecule is CC(C)(C)OC(C)(C)CCC(C)(C)OC(=O)c1ccc(C(=O)C(C)(C)C)cc1. The molecule has 28 heavy (non-hydrogen) atoms. The molecule has 0 aliphatic carbocycles. The van der Waals surface area contributed by atoms with E-state index in [4.69, 9.17) is 9.47 Å². The molecule has 1 aromatic carbocycles. The van der Waals surface area contributed by atoms with E-state index in [0.29, 0.717) is 17.5 Å². The summed E-state index contributed by atoms with van der Waals surface area (Å²) in [4.78, 5) is 24.9. The lowest BCUT2D eigenvalue weighted by Crippen LogP contribution is -2.37. The highest BCUT2D eigenvalue weighted by atomic mass is 16.6. The van der Waals surface area contributed by atoms with Gasteiger partial charge in [-0.05, 0) is 73.4 Å². The average molecular weight is 391 g/mol. The highest BCUT2D eigenvalue weighted by Crippen LogP contribution is 2.29. The molecule has 0 radical (unpaired) electrons. The summed E-state index contributed by atoms with van der Waals surface area (Å²) in [5.74, 6) is -0.330. The summed E-state index contributed by atoms with van der Waals surface area (Å²) < 4.78 is 11.8. The standard InChI is InChI=1S/C24H38O4/c1-21(2,3)19(25)17-11-13-18(14-12-17)20(26)27-23(7,8)15-16-24(9,10)28-22(4,5)6/h11-14H,15-16H2,1-10H3. The van der Waals surface area contributed by atoms with Crippen molar-refractivity contribution in [2.75, 3.05) is 0 Å². The van der Waals surface area contributed by atoms with E-state index < -0.39 is 11.0 Å². The molecule has 1 aromatic rings. The molecule has 0 N–H and O–H groups in total. The van der Waals surface area contributed by atoms with Crippen LogP contribution in [-0.4, -0.2) is 28.6 Å². The molecule has 4 heteroatoms. The van der Waals surface area contributed by atoms with Gasteiger partial charge >= 0.3 is 5.97 Å². The van der Waals surface area contributed by atoms with Gasteiger partial charge in [-0.1, -0.05) is 32.9 Å². The minimum atomic E-state index is -0.616. The third-order valence-corrected chi connectivity index (χ3v) is 4.34. The van der Waals surface area contributed by atoms with Crippen LogP contribution in [-0.2, 0) is 9.47 Å². The van der Waals surface area contributed by atoms with Crippen LogP contribution in [0.25, 0.3) is 0 Å². The van der Waals surface area contributed by atoms with Gasteiger partial charge in [0, 0.05) is 11.0 Å². The Balaban J connectivity index is 2.74. The summed E-state index contributed by atoms with van der Waals surface area (Å²) in [5, 5.41) is 0. The van der Waals surface area contributed by atoms with Crippen LogP contribution in [0.4, 0.5) is 0 Å². The molecule has 0 saturated heterocycles. The number of carbonyl (C=O) groups is 2. The first-order valence-corrected chi connectivity index (χ1v) is 10.0. The van der Waals surface area contributed by atoms with Crippen LogP contribution in [0.3, 0.4) is 0 Å². The van der Waals surface area contributed by atoms with Crippen molar-refractivity contribution in [1.82, 2.24) is 0 Å². The minimum Gasteiger partial charge on any atom is -0.456 e. The van der Waals surface area contributed by atoms with E-state index in [9.17, 15) is 9.59 Å². The first kappa shape index (κ1) is 24.4. The first-order valence-electron chi connectivity index (χ1n) is 10.0. The van der Waals surface area contributed by atoms with E-state index in [1.54, 1.807) is 24.3 Å². The van der Waals surface area contributed by atoms with E-state index in [2.05, 4.69) is 13.8 Å². The number of esters is 1. The van der Waals surface area contributed by atoms with Crippen molar-refractivity contribution >= 4 is 11.8 Å². The number of hydrogen-bond acceptors (Lipinski definition) is 4. The van der Waals surface area contributed by atoms with Gasteiger partial charge in [-0.2, -0.15) is 0 Å². The van der Waals surface area contributed by atoms with Gasteiger partial charge in [-0.15, -0.1) is 0 Å². The van der Waals surface area contributed by atoms with Crippen molar-refractivity contribution in [3.05, 3.63) is 35.4 Å². The van der Waals surface area contributed by atoms with Crippen LogP contribution in [0.5, 0.6) is 0 Å². The number of hydrogen-bond donors (Lipinski definition) is 0. The maximum Gasteiger partial charge on any atom is 0.338 e. The van der Waals surface area contributed by atoms with E-state index in [1.165, 1.54) is 0 Å². The van der Waals surface area contributed by atoms with E-state index in [-0.39, 0.29) is 23.0 Å². The minimum absolute atomic E-state index is 0.0498. The third-order valence-electron chi connectivity index (χ3n) is 4.34. The van der Waals surface area contributed by atoms with Crippen LogP contribution < -0.4 is 0 Å². The number of Topliss-reactive ketones (excluding diaryl/α,β-unsaturated/α-hetero) is 1. The molecule has 0 fully saturated rings. The predicted octanol–water partition coefficient (Wildman–Crippen LogP) is 6.22. The number of rotatable bonds is 7. The van der Waals surface area contributed by atoms with Gasteiger partial charge in [0.2, 0.25) is 0 Å². The number of ether oxygens (including phenoxy) is 2. The first-order chi connectivity index (χ1) is 12.4. The zero-order valence-corrected chi connectivity index (χ0v) is 19.4. The third kappa shape index (κ3) is 8.14. The summed E-state index contributed by atoms with van der Waals surface area (Å²) in [6.45, 7) is 19.7. The molecule has 0 heterocycles. The van der Waals surface area contributed by atoms with Crippen molar-refractivity contribution < 1.29 is 19.1 Å². The van der Waals surface area contributed by atoms with Gasteiger partial charge in [0.05, 0.1) is 16.8 Å². The molecule has 0 atom stereocenters. The van der Waals surface area contributed by atoms with Crippen molar-refractivity contribution in [3.8, 4) is 0 Å². The quantitative estimate of drug-likeness (QED) is 0.409. The van der Waals surface area contributed by atoms with Crippen LogP contribution in [0, 0.1) is 5.41 Å². The molecular formula is C24H38O4. The fraction of sp³-hybridized carbons (Fsp3) is 0.667. The number of carbonyl (C=O) groups excluding carboxylic acids is 2. The fourth-order valence-corrected chi connectivity index (χ4v) is 3.03. The molecule has 158 valence electrons. The predicted molar refractivity (Wildman–Crippen MR) is 114 cm³/mol. The second-order valence-electron chi connectivity index (χ2n) is 10.8. The van der Waals surface area contributed by atoms with Crippen LogP contribution >= 0.6 is 0 Å². The summed E-state index contributed by atoms with van der Waals surface area (Å²) >= 11 is 0. The molecule has 0 aliphatic rings. The molecule has 0 saturated carbocycles. The Morgan fingerprint density at radius 2 is 1.14 bits per heavy atom. The van der Waals surface area contributed by atoms with Crippen LogP contribution in [0.1, 0.15) is 103 Å². The fourth-order valence-electron chi connectivity index (χ4n) is 3.03. The normalized spacial score (nSPS) is 13.4. The van der Waals surface area contributed by atoms with Gasteiger partial charge in [0.25, 0.3) is 0 Å². The van der Waals surface area contributed by atoms with Gasteiger partial charge < -0.3 is 9.47 Å². The molecule has 0 spiro atoms. The maximum atomic E-state index is 12.6. The molecule has 0 bridgehead atoms. The van der Waals surface area contributed by atoms with Crippen molar-refractivity contribution in [2.24, 2.45) is 5.41 Å². The Bertz CT molecular complexity index is 683. The van der Waals surface area contributed by atoms with Crippen LogP contribution in [0.2, 0.25) is 0 Å². The smallest absolute Gasteiger partial charge is 0.338 e. The highest BCUT2D eigenvalue weighted by molar-refractivity contribution is 6.00. The lowest BCUT2D eigenvalue weighted by Gasteiger charge is -2.36. The second kappa shape index (κ2) is 8.36. The molecular weight excluding hydrogens is 352 g/mol. The van der Waals surface area contributed by atoms with E-state index >= 15 is 0 Å². The summed E-state index contributed by atoms with van der Waals surface area (Å²) in [5.41, 5.74) is -0.553.